The van der Waals surface area contributed by atoms with Gasteiger partial charge in [-0.15, -0.1) is 0 Å². The molecule has 1 fully saturated rings. The lowest BCUT2D eigenvalue weighted by molar-refractivity contribution is -0.132. The highest BCUT2D eigenvalue weighted by atomic mass is 16.2. The van der Waals surface area contributed by atoms with Crippen LogP contribution in [0.1, 0.15) is 37.3 Å². The highest BCUT2D eigenvalue weighted by Crippen LogP contribution is 2.24. The molecule has 0 saturated carbocycles. The quantitative estimate of drug-likeness (QED) is 0.796. The number of fused-ring (bicyclic) bond motifs is 1. The molecule has 1 aliphatic rings. The Morgan fingerprint density at radius 3 is 3.12 bits per heavy atom. The minimum absolute atomic E-state index is 0.164. The second-order valence-corrected chi connectivity index (χ2v) is 6.64. The zero-order valence-corrected chi connectivity index (χ0v) is 14.5. The number of carbonyl (C=O) groups is 1. The Morgan fingerprint density at radius 2 is 2.24 bits per heavy atom. The van der Waals surface area contributed by atoms with Crippen molar-refractivity contribution in [3.63, 3.8) is 0 Å². The molecule has 0 spiro atoms. The molecular formula is C19H23N5O. The van der Waals surface area contributed by atoms with Gasteiger partial charge in [0, 0.05) is 37.3 Å². The van der Waals surface area contributed by atoms with Crippen LogP contribution in [0.25, 0.3) is 10.9 Å². The van der Waals surface area contributed by atoms with Crippen LogP contribution < -0.4 is 0 Å². The average Bonchev–Trinajstić information content (AvgIpc) is 3.29. The van der Waals surface area contributed by atoms with Crippen molar-refractivity contribution in [2.45, 2.75) is 38.6 Å². The summed E-state index contributed by atoms with van der Waals surface area (Å²) in [5.74, 6) is 1.26. The number of aromatic nitrogens is 4. The Hall–Kier alpha value is -2.63. The van der Waals surface area contributed by atoms with Gasteiger partial charge in [-0.05, 0) is 18.9 Å². The topological polar surface area (TPSA) is 66.8 Å². The van der Waals surface area contributed by atoms with Crippen molar-refractivity contribution in [3.05, 3.63) is 48.2 Å². The fraction of sp³-hybridized carbons (Fsp3) is 0.421. The Morgan fingerprint density at radius 1 is 1.36 bits per heavy atom. The SMILES string of the molecule is CCc1nccn1C1CCCN(C(=O)Cc2[nH]nc3ccccc23)C1. The molecule has 3 aromatic rings. The molecule has 4 rings (SSSR count). The zero-order chi connectivity index (χ0) is 17.2. The molecule has 1 atom stereocenters. The molecule has 6 heteroatoms. The first-order valence-electron chi connectivity index (χ1n) is 8.97. The van der Waals surface area contributed by atoms with Crippen LogP contribution in [0.3, 0.4) is 0 Å². The molecule has 6 nitrogen and oxygen atoms in total. The van der Waals surface area contributed by atoms with Gasteiger partial charge in [-0.2, -0.15) is 5.10 Å². The molecule has 0 bridgehead atoms. The molecule has 3 heterocycles. The third-order valence-electron chi connectivity index (χ3n) is 5.08. The van der Waals surface area contributed by atoms with E-state index in [1.807, 2.05) is 41.6 Å². The monoisotopic (exact) mass is 337 g/mol. The lowest BCUT2D eigenvalue weighted by Gasteiger charge is -2.34. The summed E-state index contributed by atoms with van der Waals surface area (Å²) >= 11 is 0. The Labute approximate surface area is 146 Å². The molecule has 1 aromatic carbocycles. The van der Waals surface area contributed by atoms with Gasteiger partial charge in [0.1, 0.15) is 5.82 Å². The van der Waals surface area contributed by atoms with Crippen molar-refractivity contribution in [2.24, 2.45) is 0 Å². The number of rotatable bonds is 4. The number of para-hydroxylation sites is 1. The molecule has 1 saturated heterocycles. The summed E-state index contributed by atoms with van der Waals surface area (Å²) in [7, 11) is 0. The number of hydrogen-bond donors (Lipinski definition) is 1. The van der Waals surface area contributed by atoms with E-state index in [0.29, 0.717) is 12.5 Å². The van der Waals surface area contributed by atoms with Gasteiger partial charge in [0.15, 0.2) is 0 Å². The molecule has 1 unspecified atom stereocenters. The second kappa shape index (κ2) is 6.70. The molecule has 1 amide bonds. The number of carbonyl (C=O) groups excluding carboxylic acids is 1. The van der Waals surface area contributed by atoms with E-state index < -0.39 is 0 Å². The number of H-pyrrole nitrogens is 1. The van der Waals surface area contributed by atoms with E-state index in [2.05, 4.69) is 26.7 Å². The fourth-order valence-corrected chi connectivity index (χ4v) is 3.77. The van der Waals surface area contributed by atoms with Crippen molar-refractivity contribution >= 4 is 16.8 Å². The third-order valence-corrected chi connectivity index (χ3v) is 5.08. The maximum Gasteiger partial charge on any atom is 0.228 e. The predicted octanol–water partition coefficient (Wildman–Crippen LogP) is 2.73. The molecule has 130 valence electrons. The molecule has 1 N–H and O–H groups in total. The summed E-state index contributed by atoms with van der Waals surface area (Å²) in [6.45, 7) is 3.71. The first-order valence-corrected chi connectivity index (χ1v) is 8.97. The van der Waals surface area contributed by atoms with Gasteiger partial charge in [-0.3, -0.25) is 9.89 Å². The van der Waals surface area contributed by atoms with Gasteiger partial charge in [0.25, 0.3) is 0 Å². The lowest BCUT2D eigenvalue weighted by atomic mass is 10.0. The number of nitrogens with one attached hydrogen (secondary N) is 1. The smallest absolute Gasteiger partial charge is 0.228 e. The summed E-state index contributed by atoms with van der Waals surface area (Å²) in [4.78, 5) is 19.2. The van der Waals surface area contributed by atoms with Crippen LogP contribution in [0.5, 0.6) is 0 Å². The molecule has 1 aliphatic heterocycles. The van der Waals surface area contributed by atoms with E-state index in [0.717, 1.165) is 54.8 Å². The van der Waals surface area contributed by atoms with Gasteiger partial charge in [-0.25, -0.2) is 4.98 Å². The largest absolute Gasteiger partial charge is 0.340 e. The van der Waals surface area contributed by atoms with E-state index in [1.165, 1.54) is 0 Å². The Bertz CT molecular complexity index is 881. The summed E-state index contributed by atoms with van der Waals surface area (Å²) in [5, 5.41) is 8.35. The van der Waals surface area contributed by atoms with E-state index in [4.69, 9.17) is 0 Å². The Balaban J connectivity index is 1.48. The number of piperidine rings is 1. The van der Waals surface area contributed by atoms with Crippen molar-refractivity contribution in [1.29, 1.82) is 0 Å². The summed E-state index contributed by atoms with van der Waals surface area (Å²) in [6, 6.07) is 8.24. The van der Waals surface area contributed by atoms with Crippen molar-refractivity contribution in [3.8, 4) is 0 Å². The number of likely N-dealkylation sites (tertiary alicyclic amines) is 1. The maximum absolute atomic E-state index is 12.8. The highest BCUT2D eigenvalue weighted by Gasteiger charge is 2.26. The molecule has 0 aliphatic carbocycles. The van der Waals surface area contributed by atoms with Crippen LogP contribution in [0, 0.1) is 0 Å². The summed E-state index contributed by atoms with van der Waals surface area (Å²) in [6.07, 6.45) is 7.31. The second-order valence-electron chi connectivity index (χ2n) is 6.64. The van der Waals surface area contributed by atoms with Crippen LogP contribution >= 0.6 is 0 Å². The van der Waals surface area contributed by atoms with Crippen LogP contribution in [-0.2, 0) is 17.6 Å². The highest BCUT2D eigenvalue weighted by molar-refractivity contribution is 5.87. The lowest BCUT2D eigenvalue weighted by Crippen LogP contribution is -2.41. The van der Waals surface area contributed by atoms with Gasteiger partial charge < -0.3 is 9.47 Å². The number of imidazole rings is 1. The number of benzene rings is 1. The molecular weight excluding hydrogens is 314 g/mol. The maximum atomic E-state index is 12.8. The number of nitrogens with zero attached hydrogens (tertiary/aromatic N) is 4. The summed E-state index contributed by atoms with van der Waals surface area (Å²) in [5.41, 5.74) is 1.81. The molecule has 25 heavy (non-hydrogen) atoms. The van der Waals surface area contributed by atoms with Crippen LogP contribution in [-0.4, -0.2) is 43.6 Å². The van der Waals surface area contributed by atoms with Gasteiger partial charge in [0.05, 0.1) is 23.7 Å². The molecule has 0 radical (unpaired) electrons. The van der Waals surface area contributed by atoms with Gasteiger partial charge in [-0.1, -0.05) is 25.1 Å². The zero-order valence-electron chi connectivity index (χ0n) is 14.5. The van der Waals surface area contributed by atoms with Crippen molar-refractivity contribution in [2.75, 3.05) is 13.1 Å². The number of hydrogen-bond acceptors (Lipinski definition) is 3. The molecule has 2 aromatic heterocycles. The predicted molar refractivity (Wildman–Crippen MR) is 96.3 cm³/mol. The number of aromatic amines is 1. The van der Waals surface area contributed by atoms with Crippen LogP contribution in [0.15, 0.2) is 36.7 Å². The standard InChI is InChI=1S/C19H23N5O/c1-2-18-20-9-11-24(18)14-6-5-10-23(13-14)19(25)12-17-15-7-3-4-8-16(15)21-22-17/h3-4,7-9,11,14H,2,5-6,10,12-13H2,1H3,(H,21,22). The van der Waals surface area contributed by atoms with Crippen LogP contribution in [0.4, 0.5) is 0 Å². The normalized spacial score (nSPS) is 18.0. The average molecular weight is 337 g/mol. The van der Waals surface area contributed by atoms with Gasteiger partial charge in [0.2, 0.25) is 5.91 Å². The number of aryl methyl sites for hydroxylation is 1. The minimum atomic E-state index is 0.164. The van der Waals surface area contributed by atoms with E-state index >= 15 is 0 Å². The van der Waals surface area contributed by atoms with Crippen molar-refractivity contribution in [1.82, 2.24) is 24.6 Å². The van der Waals surface area contributed by atoms with E-state index in [9.17, 15) is 4.79 Å². The minimum Gasteiger partial charge on any atom is -0.340 e. The fourth-order valence-electron chi connectivity index (χ4n) is 3.77. The van der Waals surface area contributed by atoms with E-state index in [-0.39, 0.29) is 5.91 Å². The van der Waals surface area contributed by atoms with Crippen molar-refractivity contribution < 1.29 is 4.79 Å². The van der Waals surface area contributed by atoms with Crippen LogP contribution in [0.2, 0.25) is 0 Å². The third kappa shape index (κ3) is 3.04. The number of amides is 1. The summed E-state index contributed by atoms with van der Waals surface area (Å²) < 4.78 is 2.24. The first kappa shape index (κ1) is 15.9. The Kier molecular flexibility index (Phi) is 4.26. The van der Waals surface area contributed by atoms with E-state index in [1.54, 1.807) is 0 Å². The first-order chi connectivity index (χ1) is 12.3. The van der Waals surface area contributed by atoms with Gasteiger partial charge >= 0.3 is 0 Å².